The molecule has 0 spiro atoms. The first-order chi connectivity index (χ1) is 10.6. The molecule has 1 aromatic rings. The highest BCUT2D eigenvalue weighted by atomic mass is 19.1. The Balaban J connectivity index is 1.36. The average molecular weight is 307 g/mol. The molecule has 0 radical (unpaired) electrons. The molecule has 2 aliphatic carbocycles. The number of halogens is 1. The van der Waals surface area contributed by atoms with Crippen molar-refractivity contribution < 1.29 is 19.0 Å². The van der Waals surface area contributed by atoms with Crippen LogP contribution in [0.15, 0.2) is 24.3 Å². The van der Waals surface area contributed by atoms with Crippen molar-refractivity contribution in [2.75, 3.05) is 19.8 Å². The molecule has 0 unspecified atom stereocenters. The van der Waals surface area contributed by atoms with Crippen molar-refractivity contribution in [2.45, 2.75) is 31.3 Å². The number of carbonyl (C=O) groups is 1. The van der Waals surface area contributed by atoms with E-state index in [0.717, 1.165) is 12.0 Å². The molecule has 5 heteroatoms. The molecular weight excluding hydrogens is 285 g/mol. The molecule has 3 rings (SSSR count). The van der Waals surface area contributed by atoms with E-state index >= 15 is 0 Å². The van der Waals surface area contributed by atoms with Crippen LogP contribution >= 0.6 is 0 Å². The Kier molecular flexibility index (Phi) is 4.74. The third kappa shape index (κ3) is 4.27. The smallest absolute Gasteiger partial charge is 0.223 e. The van der Waals surface area contributed by atoms with Gasteiger partial charge in [0.15, 0.2) is 0 Å². The third-order valence-electron chi connectivity index (χ3n) is 4.28. The van der Waals surface area contributed by atoms with E-state index in [-0.39, 0.29) is 36.7 Å². The van der Waals surface area contributed by atoms with Gasteiger partial charge in [-0.3, -0.25) is 4.79 Å². The molecule has 0 saturated heterocycles. The van der Waals surface area contributed by atoms with Crippen LogP contribution in [0.25, 0.3) is 0 Å². The number of hydrogen-bond donors (Lipinski definition) is 2. The summed E-state index contributed by atoms with van der Waals surface area (Å²) in [5, 5.41) is 12.5. The van der Waals surface area contributed by atoms with E-state index in [0.29, 0.717) is 12.5 Å². The van der Waals surface area contributed by atoms with Crippen LogP contribution in [-0.2, 0) is 9.53 Å². The van der Waals surface area contributed by atoms with Crippen LogP contribution < -0.4 is 5.32 Å². The maximum atomic E-state index is 13.2. The maximum Gasteiger partial charge on any atom is 0.223 e. The summed E-state index contributed by atoms with van der Waals surface area (Å²) in [5.74, 6) is 0.308. The van der Waals surface area contributed by atoms with E-state index in [9.17, 15) is 14.3 Å². The number of nitrogens with one attached hydrogen (secondary N) is 1. The Morgan fingerprint density at radius 1 is 1.45 bits per heavy atom. The van der Waals surface area contributed by atoms with Crippen molar-refractivity contribution in [3.63, 3.8) is 0 Å². The fraction of sp³-hybridized carbons (Fsp3) is 0.588. The van der Waals surface area contributed by atoms with Crippen LogP contribution in [0, 0.1) is 17.7 Å². The predicted octanol–water partition coefficient (Wildman–Crippen LogP) is 1.83. The summed E-state index contributed by atoms with van der Waals surface area (Å²) in [6, 6.07) is 6.40. The molecule has 22 heavy (non-hydrogen) atoms. The van der Waals surface area contributed by atoms with E-state index in [1.807, 2.05) is 6.07 Å². The van der Waals surface area contributed by atoms with Gasteiger partial charge in [0.05, 0.1) is 12.7 Å². The van der Waals surface area contributed by atoms with Crippen molar-refractivity contribution in [1.29, 1.82) is 0 Å². The van der Waals surface area contributed by atoms with E-state index in [1.165, 1.54) is 25.0 Å². The maximum absolute atomic E-state index is 13.2. The lowest BCUT2D eigenvalue weighted by molar-refractivity contribution is -0.123. The van der Waals surface area contributed by atoms with Gasteiger partial charge < -0.3 is 15.2 Å². The summed E-state index contributed by atoms with van der Waals surface area (Å²) in [6.07, 6.45) is 2.50. The van der Waals surface area contributed by atoms with Gasteiger partial charge in [-0.15, -0.1) is 0 Å². The zero-order valence-electron chi connectivity index (χ0n) is 12.5. The topological polar surface area (TPSA) is 58.6 Å². The van der Waals surface area contributed by atoms with Gasteiger partial charge in [0, 0.05) is 19.1 Å². The highest BCUT2D eigenvalue weighted by molar-refractivity contribution is 5.82. The van der Waals surface area contributed by atoms with Gasteiger partial charge in [-0.25, -0.2) is 4.39 Å². The van der Waals surface area contributed by atoms with E-state index < -0.39 is 6.10 Å². The first-order valence-electron chi connectivity index (χ1n) is 7.92. The van der Waals surface area contributed by atoms with Gasteiger partial charge in [-0.05, 0) is 48.8 Å². The minimum atomic E-state index is -0.672. The highest BCUT2D eigenvalue weighted by Crippen LogP contribution is 2.47. The second kappa shape index (κ2) is 6.75. The minimum absolute atomic E-state index is 0.0736. The summed E-state index contributed by atoms with van der Waals surface area (Å²) >= 11 is 0. The number of hydrogen-bond acceptors (Lipinski definition) is 3. The number of benzene rings is 1. The van der Waals surface area contributed by atoms with Gasteiger partial charge >= 0.3 is 0 Å². The SMILES string of the molecule is O=C(NC[C@H](O)COCC1CC1)[C@H]1C[C@@H]1c1cccc(F)c1. The fourth-order valence-electron chi connectivity index (χ4n) is 2.65. The predicted molar refractivity (Wildman–Crippen MR) is 79.8 cm³/mol. The second-order valence-electron chi connectivity index (χ2n) is 6.38. The summed E-state index contributed by atoms with van der Waals surface area (Å²) in [5.41, 5.74) is 0.869. The molecule has 120 valence electrons. The van der Waals surface area contributed by atoms with Gasteiger partial charge in [0.25, 0.3) is 0 Å². The van der Waals surface area contributed by atoms with E-state index in [4.69, 9.17) is 4.74 Å². The lowest BCUT2D eigenvalue weighted by atomic mass is 10.1. The summed E-state index contributed by atoms with van der Waals surface area (Å²) in [4.78, 5) is 12.0. The van der Waals surface area contributed by atoms with Crippen LogP contribution in [0.1, 0.15) is 30.7 Å². The van der Waals surface area contributed by atoms with Crippen molar-refractivity contribution in [3.8, 4) is 0 Å². The summed E-state index contributed by atoms with van der Waals surface area (Å²) in [6.45, 7) is 1.17. The minimum Gasteiger partial charge on any atom is -0.389 e. The molecule has 0 bridgehead atoms. The van der Waals surface area contributed by atoms with E-state index in [2.05, 4.69) is 5.32 Å². The molecule has 1 aromatic carbocycles. The zero-order chi connectivity index (χ0) is 15.5. The normalized spacial score (nSPS) is 24.8. The Morgan fingerprint density at radius 2 is 2.27 bits per heavy atom. The van der Waals surface area contributed by atoms with Crippen LogP contribution in [0.3, 0.4) is 0 Å². The number of rotatable bonds is 8. The van der Waals surface area contributed by atoms with Crippen molar-refractivity contribution >= 4 is 5.91 Å². The highest BCUT2D eigenvalue weighted by Gasteiger charge is 2.43. The van der Waals surface area contributed by atoms with Gasteiger partial charge in [-0.2, -0.15) is 0 Å². The van der Waals surface area contributed by atoms with Gasteiger partial charge in [0.2, 0.25) is 5.91 Å². The Morgan fingerprint density at radius 3 is 3.00 bits per heavy atom. The van der Waals surface area contributed by atoms with Crippen LogP contribution in [0.4, 0.5) is 4.39 Å². The number of amides is 1. The zero-order valence-corrected chi connectivity index (χ0v) is 12.5. The summed E-state index contributed by atoms with van der Waals surface area (Å²) in [7, 11) is 0. The van der Waals surface area contributed by atoms with Crippen molar-refractivity contribution in [2.24, 2.45) is 11.8 Å². The van der Waals surface area contributed by atoms with Crippen molar-refractivity contribution in [1.82, 2.24) is 5.32 Å². The lowest BCUT2D eigenvalue weighted by Crippen LogP contribution is -2.35. The molecule has 2 saturated carbocycles. The molecule has 0 heterocycles. The second-order valence-corrected chi connectivity index (χ2v) is 6.38. The number of aliphatic hydroxyl groups is 1. The summed E-state index contributed by atoms with van der Waals surface area (Å²) < 4.78 is 18.6. The molecule has 0 aromatic heterocycles. The standard InChI is InChI=1S/C17H22FNO3/c18-13-3-1-2-12(6-13)15-7-16(15)17(21)19-8-14(20)10-22-9-11-4-5-11/h1-3,6,11,14-16,20H,4-5,7-10H2,(H,19,21)/t14-,15+,16-/m0/s1. The number of ether oxygens (including phenoxy) is 1. The molecule has 2 N–H and O–H groups in total. The van der Waals surface area contributed by atoms with Crippen molar-refractivity contribution in [3.05, 3.63) is 35.6 Å². The quantitative estimate of drug-likeness (QED) is 0.770. The Labute approximate surface area is 129 Å². The van der Waals surface area contributed by atoms with E-state index in [1.54, 1.807) is 6.07 Å². The van der Waals surface area contributed by atoms with Crippen LogP contribution in [0.2, 0.25) is 0 Å². The molecular formula is C17H22FNO3. The first-order valence-corrected chi connectivity index (χ1v) is 7.92. The first kappa shape index (κ1) is 15.4. The lowest BCUT2D eigenvalue weighted by Gasteiger charge is -2.12. The largest absolute Gasteiger partial charge is 0.389 e. The molecule has 4 nitrogen and oxygen atoms in total. The monoisotopic (exact) mass is 307 g/mol. The average Bonchev–Trinajstić information content (AvgIpc) is 3.37. The van der Waals surface area contributed by atoms with Crippen LogP contribution in [-0.4, -0.2) is 36.9 Å². The number of aliphatic hydroxyl groups excluding tert-OH is 1. The molecule has 3 atom stereocenters. The van der Waals surface area contributed by atoms with Gasteiger partial charge in [0.1, 0.15) is 5.82 Å². The molecule has 2 fully saturated rings. The molecule has 2 aliphatic rings. The number of carbonyl (C=O) groups excluding carboxylic acids is 1. The Bertz CT molecular complexity index is 532. The van der Waals surface area contributed by atoms with Gasteiger partial charge in [-0.1, -0.05) is 12.1 Å². The third-order valence-corrected chi connectivity index (χ3v) is 4.28. The molecule has 1 amide bonds. The molecule has 0 aliphatic heterocycles. The fourth-order valence-corrected chi connectivity index (χ4v) is 2.65. The Hall–Kier alpha value is -1.46. The van der Waals surface area contributed by atoms with Crippen LogP contribution in [0.5, 0.6) is 0 Å².